The third-order valence-electron chi connectivity index (χ3n) is 4.04. The summed E-state index contributed by atoms with van der Waals surface area (Å²) in [6.45, 7) is 2.55. The summed E-state index contributed by atoms with van der Waals surface area (Å²) in [6, 6.07) is 1.72. The standard InChI is InChI=1S/C14H23N3O4/c1-9-4-10(17(2)16-9)13(20)15-7-14(8-21-3)5-11(18)12(19)6-14/h4,11-12,18-19H,5-8H2,1-3H3,(H,15,20). The van der Waals surface area contributed by atoms with Gasteiger partial charge in [0.25, 0.3) is 5.91 Å². The zero-order chi connectivity index (χ0) is 15.6. The maximum absolute atomic E-state index is 12.2. The van der Waals surface area contributed by atoms with Crippen molar-refractivity contribution in [1.82, 2.24) is 15.1 Å². The molecule has 0 bridgehead atoms. The summed E-state index contributed by atoms with van der Waals surface area (Å²) in [5, 5.41) is 26.5. The van der Waals surface area contributed by atoms with Gasteiger partial charge in [-0.3, -0.25) is 9.48 Å². The van der Waals surface area contributed by atoms with Gasteiger partial charge in [-0.2, -0.15) is 5.10 Å². The fraction of sp³-hybridized carbons (Fsp3) is 0.714. The Labute approximate surface area is 123 Å². The molecule has 0 aromatic carbocycles. The van der Waals surface area contributed by atoms with Gasteiger partial charge in [-0.15, -0.1) is 0 Å². The Morgan fingerprint density at radius 2 is 2.14 bits per heavy atom. The second-order valence-corrected chi connectivity index (χ2v) is 5.95. The van der Waals surface area contributed by atoms with Crippen molar-refractivity contribution in [1.29, 1.82) is 0 Å². The van der Waals surface area contributed by atoms with Crippen molar-refractivity contribution in [3.05, 3.63) is 17.5 Å². The van der Waals surface area contributed by atoms with E-state index in [9.17, 15) is 15.0 Å². The van der Waals surface area contributed by atoms with Crippen LogP contribution in [0.4, 0.5) is 0 Å². The lowest BCUT2D eigenvalue weighted by atomic mass is 9.86. The van der Waals surface area contributed by atoms with Gasteiger partial charge in [0.2, 0.25) is 0 Å². The number of hydrogen-bond acceptors (Lipinski definition) is 5. The second-order valence-electron chi connectivity index (χ2n) is 5.95. The van der Waals surface area contributed by atoms with E-state index < -0.39 is 17.6 Å². The van der Waals surface area contributed by atoms with Crippen LogP contribution in [0.5, 0.6) is 0 Å². The van der Waals surface area contributed by atoms with Crippen molar-refractivity contribution in [2.75, 3.05) is 20.3 Å². The molecule has 1 amide bonds. The summed E-state index contributed by atoms with van der Waals surface area (Å²) >= 11 is 0. The van der Waals surface area contributed by atoms with Crippen LogP contribution in [-0.2, 0) is 11.8 Å². The summed E-state index contributed by atoms with van der Waals surface area (Å²) in [4.78, 5) is 12.2. The number of ether oxygens (including phenoxy) is 1. The molecule has 21 heavy (non-hydrogen) atoms. The Balaban J connectivity index is 2.02. The molecule has 1 heterocycles. The van der Waals surface area contributed by atoms with Crippen LogP contribution in [0.25, 0.3) is 0 Å². The van der Waals surface area contributed by atoms with E-state index in [1.54, 1.807) is 20.2 Å². The molecule has 1 fully saturated rings. The molecular formula is C14H23N3O4. The van der Waals surface area contributed by atoms with Crippen molar-refractivity contribution >= 4 is 5.91 Å². The summed E-state index contributed by atoms with van der Waals surface area (Å²) in [7, 11) is 3.29. The summed E-state index contributed by atoms with van der Waals surface area (Å²) < 4.78 is 6.73. The molecule has 1 saturated carbocycles. The Bertz CT molecular complexity index is 504. The zero-order valence-corrected chi connectivity index (χ0v) is 12.7. The van der Waals surface area contributed by atoms with Crippen LogP contribution in [0.1, 0.15) is 29.0 Å². The number of nitrogens with zero attached hydrogens (tertiary/aromatic N) is 2. The number of aliphatic hydroxyl groups is 2. The average molecular weight is 297 g/mol. The number of aromatic nitrogens is 2. The van der Waals surface area contributed by atoms with Gasteiger partial charge in [-0.05, 0) is 25.8 Å². The quantitative estimate of drug-likeness (QED) is 0.687. The minimum Gasteiger partial charge on any atom is -0.390 e. The fourth-order valence-electron chi connectivity index (χ4n) is 3.04. The minimum atomic E-state index is -0.768. The van der Waals surface area contributed by atoms with E-state index in [4.69, 9.17) is 4.74 Å². The van der Waals surface area contributed by atoms with Crippen LogP contribution in [0.2, 0.25) is 0 Å². The molecule has 1 aliphatic carbocycles. The van der Waals surface area contributed by atoms with Crippen molar-refractivity contribution in [2.45, 2.75) is 32.0 Å². The Hall–Kier alpha value is -1.44. The zero-order valence-electron chi connectivity index (χ0n) is 12.7. The normalized spacial score (nSPS) is 28.8. The van der Waals surface area contributed by atoms with Crippen LogP contribution in [-0.4, -0.2) is 58.4 Å². The number of aliphatic hydroxyl groups excluding tert-OH is 2. The Morgan fingerprint density at radius 1 is 1.52 bits per heavy atom. The highest BCUT2D eigenvalue weighted by molar-refractivity contribution is 5.92. The molecule has 118 valence electrons. The molecule has 2 rings (SSSR count). The molecule has 1 aliphatic rings. The molecule has 0 spiro atoms. The largest absolute Gasteiger partial charge is 0.390 e. The fourth-order valence-corrected chi connectivity index (χ4v) is 3.04. The number of rotatable bonds is 5. The number of hydrogen-bond donors (Lipinski definition) is 3. The first-order valence-electron chi connectivity index (χ1n) is 7.01. The molecule has 1 aromatic heterocycles. The highest BCUT2D eigenvalue weighted by Crippen LogP contribution is 2.38. The van der Waals surface area contributed by atoms with Crippen molar-refractivity contribution in [3.8, 4) is 0 Å². The van der Waals surface area contributed by atoms with E-state index in [-0.39, 0.29) is 5.91 Å². The number of carbonyl (C=O) groups is 1. The third kappa shape index (κ3) is 3.42. The van der Waals surface area contributed by atoms with Crippen LogP contribution in [0, 0.1) is 12.3 Å². The molecule has 0 aliphatic heterocycles. The highest BCUT2D eigenvalue weighted by atomic mass is 16.5. The lowest BCUT2D eigenvalue weighted by Gasteiger charge is -2.28. The van der Waals surface area contributed by atoms with Crippen LogP contribution >= 0.6 is 0 Å². The molecule has 1 aromatic rings. The molecule has 2 atom stereocenters. The van der Waals surface area contributed by atoms with E-state index in [0.717, 1.165) is 5.69 Å². The number of amides is 1. The van der Waals surface area contributed by atoms with Gasteiger partial charge < -0.3 is 20.3 Å². The van der Waals surface area contributed by atoms with Gasteiger partial charge in [0.05, 0.1) is 24.5 Å². The van der Waals surface area contributed by atoms with Crippen molar-refractivity contribution < 1.29 is 19.7 Å². The smallest absolute Gasteiger partial charge is 0.269 e. The predicted molar refractivity (Wildman–Crippen MR) is 75.8 cm³/mol. The Morgan fingerprint density at radius 3 is 2.62 bits per heavy atom. The number of carbonyl (C=O) groups excluding carboxylic acids is 1. The number of aryl methyl sites for hydroxylation is 2. The average Bonchev–Trinajstić information content (AvgIpc) is 2.88. The highest BCUT2D eigenvalue weighted by Gasteiger charge is 2.44. The molecule has 0 saturated heterocycles. The van der Waals surface area contributed by atoms with E-state index in [2.05, 4.69) is 10.4 Å². The summed E-state index contributed by atoms with van der Waals surface area (Å²) in [6.07, 6.45) is -0.716. The first-order valence-corrected chi connectivity index (χ1v) is 7.01. The van der Waals surface area contributed by atoms with E-state index in [1.165, 1.54) is 4.68 Å². The minimum absolute atomic E-state index is 0.218. The first kappa shape index (κ1) is 15.9. The molecule has 3 N–H and O–H groups in total. The van der Waals surface area contributed by atoms with Gasteiger partial charge in [-0.1, -0.05) is 0 Å². The third-order valence-corrected chi connectivity index (χ3v) is 4.04. The van der Waals surface area contributed by atoms with Gasteiger partial charge in [-0.25, -0.2) is 0 Å². The molecule has 0 radical (unpaired) electrons. The first-order chi connectivity index (χ1) is 9.87. The van der Waals surface area contributed by atoms with E-state index >= 15 is 0 Å². The topological polar surface area (TPSA) is 96.6 Å². The van der Waals surface area contributed by atoms with Crippen LogP contribution in [0.15, 0.2) is 6.07 Å². The summed E-state index contributed by atoms with van der Waals surface area (Å²) in [5.74, 6) is -0.218. The number of methoxy groups -OCH3 is 1. The van der Waals surface area contributed by atoms with Crippen molar-refractivity contribution in [2.24, 2.45) is 12.5 Å². The maximum atomic E-state index is 12.2. The summed E-state index contributed by atoms with van der Waals surface area (Å²) in [5.41, 5.74) is 0.830. The van der Waals surface area contributed by atoms with E-state index in [1.807, 2.05) is 6.92 Å². The second kappa shape index (κ2) is 6.13. The van der Waals surface area contributed by atoms with Gasteiger partial charge >= 0.3 is 0 Å². The van der Waals surface area contributed by atoms with Crippen LogP contribution < -0.4 is 5.32 Å². The SMILES string of the molecule is COCC1(CNC(=O)c2cc(C)nn2C)CC(O)C(O)C1. The van der Waals surface area contributed by atoms with E-state index in [0.29, 0.717) is 31.7 Å². The molecule has 2 unspecified atom stereocenters. The lowest BCUT2D eigenvalue weighted by Crippen LogP contribution is -2.40. The van der Waals surface area contributed by atoms with Gasteiger partial charge in [0.1, 0.15) is 5.69 Å². The lowest BCUT2D eigenvalue weighted by molar-refractivity contribution is 0.0438. The monoisotopic (exact) mass is 297 g/mol. The van der Waals surface area contributed by atoms with Crippen LogP contribution in [0.3, 0.4) is 0 Å². The predicted octanol–water partition coefficient (Wildman–Crippen LogP) is -0.393. The molecular weight excluding hydrogens is 274 g/mol. The maximum Gasteiger partial charge on any atom is 0.269 e. The van der Waals surface area contributed by atoms with Gasteiger partial charge in [0, 0.05) is 26.1 Å². The van der Waals surface area contributed by atoms with Gasteiger partial charge in [0.15, 0.2) is 0 Å². The molecule has 7 nitrogen and oxygen atoms in total. The Kier molecular flexibility index (Phi) is 4.65. The molecule has 7 heteroatoms. The number of nitrogens with one attached hydrogen (secondary N) is 1. The van der Waals surface area contributed by atoms with Crippen molar-refractivity contribution in [3.63, 3.8) is 0 Å².